The SMILES string of the molecule is CCC.CC[N+](Br)(CC)CC.[Br-]. The summed E-state index contributed by atoms with van der Waals surface area (Å²) in [5.74, 6) is 0. The molecule has 0 saturated carbocycles. The maximum Gasteiger partial charge on any atom is 0.227 e. The zero-order chi connectivity index (χ0) is 9.33. The van der Waals surface area contributed by atoms with E-state index in [-0.39, 0.29) is 17.0 Å². The molecule has 0 aromatic rings. The minimum absolute atomic E-state index is 0. The third-order valence-electron chi connectivity index (χ3n) is 1.70. The molecule has 0 aliphatic carbocycles. The minimum atomic E-state index is 0. The molecule has 0 aromatic carbocycles. The Labute approximate surface area is 97.2 Å². The van der Waals surface area contributed by atoms with Crippen molar-refractivity contribution in [3.05, 3.63) is 0 Å². The van der Waals surface area contributed by atoms with E-state index in [2.05, 4.69) is 50.8 Å². The number of halogens is 2. The van der Waals surface area contributed by atoms with Crippen molar-refractivity contribution in [2.75, 3.05) is 19.6 Å². The van der Waals surface area contributed by atoms with Gasteiger partial charge in [0, 0.05) is 0 Å². The molecule has 0 bridgehead atoms. The molecule has 78 valence electrons. The van der Waals surface area contributed by atoms with Crippen molar-refractivity contribution in [1.82, 2.24) is 0 Å². The van der Waals surface area contributed by atoms with Crippen LogP contribution in [0.15, 0.2) is 0 Å². The predicted octanol–water partition coefficient (Wildman–Crippen LogP) is 0.593. The number of hydrogen-bond donors (Lipinski definition) is 0. The van der Waals surface area contributed by atoms with Crippen LogP contribution in [0.25, 0.3) is 0 Å². The van der Waals surface area contributed by atoms with Crippen molar-refractivity contribution >= 4 is 16.1 Å². The summed E-state index contributed by atoms with van der Waals surface area (Å²) in [6.45, 7) is 14.4. The Hall–Kier alpha value is 0.920. The van der Waals surface area contributed by atoms with Gasteiger partial charge in [-0.1, -0.05) is 20.3 Å². The van der Waals surface area contributed by atoms with Crippen LogP contribution in [-0.2, 0) is 0 Å². The molecule has 0 N–H and O–H groups in total. The van der Waals surface area contributed by atoms with Crippen molar-refractivity contribution in [3.63, 3.8) is 0 Å². The molecular weight excluding hydrogens is 282 g/mol. The van der Waals surface area contributed by atoms with Crippen LogP contribution in [0.1, 0.15) is 41.0 Å². The Morgan fingerprint density at radius 2 is 1.00 bits per heavy atom. The van der Waals surface area contributed by atoms with Gasteiger partial charge >= 0.3 is 0 Å². The van der Waals surface area contributed by atoms with Crippen LogP contribution in [0.4, 0.5) is 0 Å². The lowest BCUT2D eigenvalue weighted by molar-refractivity contribution is -0.773. The molecule has 0 unspecified atom stereocenters. The quantitative estimate of drug-likeness (QED) is 0.670. The van der Waals surface area contributed by atoms with E-state index in [9.17, 15) is 0 Å². The third-order valence-corrected chi connectivity index (χ3v) is 3.20. The van der Waals surface area contributed by atoms with Gasteiger partial charge in [-0.3, -0.25) is 3.51 Å². The Morgan fingerprint density at radius 1 is 0.833 bits per heavy atom. The average molecular weight is 305 g/mol. The zero-order valence-corrected chi connectivity index (χ0v) is 12.2. The van der Waals surface area contributed by atoms with Crippen LogP contribution in [-0.4, -0.2) is 23.1 Å². The van der Waals surface area contributed by atoms with Gasteiger partial charge in [-0.05, 0) is 20.8 Å². The summed E-state index contributed by atoms with van der Waals surface area (Å²) in [7, 11) is 0. The van der Waals surface area contributed by atoms with Crippen LogP contribution in [0.3, 0.4) is 0 Å². The number of nitrogens with zero attached hydrogens (tertiary/aromatic N) is 1. The summed E-state index contributed by atoms with van der Waals surface area (Å²) in [6, 6.07) is 0. The first-order valence-electron chi connectivity index (χ1n) is 4.65. The van der Waals surface area contributed by atoms with Gasteiger partial charge in [-0.15, -0.1) is 0 Å². The summed E-state index contributed by atoms with van der Waals surface area (Å²) in [4.78, 5) is 0. The highest BCUT2D eigenvalue weighted by Crippen LogP contribution is 2.11. The van der Waals surface area contributed by atoms with Gasteiger partial charge in [0.05, 0.1) is 19.6 Å². The molecular formula is C9H23Br2N. The molecule has 0 fully saturated rings. The maximum atomic E-state index is 3.62. The van der Waals surface area contributed by atoms with Crippen LogP contribution >= 0.6 is 16.1 Å². The monoisotopic (exact) mass is 303 g/mol. The molecule has 0 atom stereocenters. The maximum absolute atomic E-state index is 3.62. The fourth-order valence-electron chi connectivity index (χ4n) is 0.671. The van der Waals surface area contributed by atoms with Crippen molar-refractivity contribution in [2.24, 2.45) is 0 Å². The normalized spacial score (nSPS) is 9.50. The second-order valence-corrected chi connectivity index (χ2v) is 4.19. The molecule has 0 aliphatic heterocycles. The van der Waals surface area contributed by atoms with Crippen molar-refractivity contribution in [1.29, 1.82) is 0 Å². The first-order chi connectivity index (χ1) is 5.10. The largest absolute Gasteiger partial charge is 1.00 e. The molecule has 0 rings (SSSR count). The first kappa shape index (κ1) is 18.7. The number of quaternary nitrogens is 1. The summed E-state index contributed by atoms with van der Waals surface area (Å²) in [5, 5.41) is 0. The van der Waals surface area contributed by atoms with Gasteiger partial charge in [0.25, 0.3) is 0 Å². The summed E-state index contributed by atoms with van der Waals surface area (Å²) in [6.07, 6.45) is 1.25. The van der Waals surface area contributed by atoms with Gasteiger partial charge < -0.3 is 17.0 Å². The minimum Gasteiger partial charge on any atom is -1.00 e. The van der Waals surface area contributed by atoms with Crippen molar-refractivity contribution in [3.8, 4) is 0 Å². The Kier molecular flexibility index (Phi) is 18.5. The second kappa shape index (κ2) is 11.9. The molecule has 0 spiro atoms. The predicted molar refractivity (Wildman–Crippen MR) is 56.8 cm³/mol. The number of hydrogen-bond acceptors (Lipinski definition) is 0. The van der Waals surface area contributed by atoms with Gasteiger partial charge in [-0.25, -0.2) is 0 Å². The lowest BCUT2D eigenvalue weighted by Crippen LogP contribution is -3.00. The van der Waals surface area contributed by atoms with E-state index in [1.165, 1.54) is 26.1 Å². The molecule has 0 aliphatic rings. The molecule has 1 nitrogen and oxygen atoms in total. The van der Waals surface area contributed by atoms with E-state index in [1.807, 2.05) is 0 Å². The zero-order valence-electron chi connectivity index (χ0n) is 9.03. The van der Waals surface area contributed by atoms with Gasteiger partial charge in [0.1, 0.15) is 0 Å². The number of rotatable bonds is 3. The molecule has 0 saturated heterocycles. The summed E-state index contributed by atoms with van der Waals surface area (Å²) < 4.78 is 1.02. The Morgan fingerprint density at radius 3 is 1.00 bits per heavy atom. The van der Waals surface area contributed by atoms with Crippen LogP contribution in [0, 0.1) is 0 Å². The summed E-state index contributed by atoms with van der Waals surface area (Å²) in [5.41, 5.74) is 0. The standard InChI is InChI=1S/C6H15BrN.C3H8.BrH/c1-4-8(7,5-2)6-3;1-3-2;/h4-6H2,1-3H3;3H2,1-2H3;1H/q+1;;/p-1. The van der Waals surface area contributed by atoms with Crippen LogP contribution < -0.4 is 17.0 Å². The average Bonchev–Trinajstić information content (AvgIpc) is 2.05. The fourth-order valence-corrected chi connectivity index (χ4v) is 0.671. The first-order valence-corrected chi connectivity index (χ1v) is 5.36. The highest BCUT2D eigenvalue weighted by Gasteiger charge is 2.15. The van der Waals surface area contributed by atoms with Gasteiger partial charge in [-0.2, -0.15) is 0 Å². The molecule has 0 amide bonds. The second-order valence-electron chi connectivity index (χ2n) is 2.69. The van der Waals surface area contributed by atoms with E-state index >= 15 is 0 Å². The van der Waals surface area contributed by atoms with Crippen LogP contribution in [0.5, 0.6) is 0 Å². The Bertz CT molecular complexity index is 64.7. The van der Waals surface area contributed by atoms with E-state index in [0.717, 1.165) is 3.51 Å². The van der Waals surface area contributed by atoms with Crippen LogP contribution in [0.2, 0.25) is 0 Å². The summed E-state index contributed by atoms with van der Waals surface area (Å²) >= 11 is 3.62. The third kappa shape index (κ3) is 10.9. The van der Waals surface area contributed by atoms with E-state index in [0.29, 0.717) is 0 Å². The van der Waals surface area contributed by atoms with Crippen molar-refractivity contribution in [2.45, 2.75) is 41.0 Å². The van der Waals surface area contributed by atoms with Crippen molar-refractivity contribution < 1.29 is 20.5 Å². The Balaban J connectivity index is -0.000000177. The lowest BCUT2D eigenvalue weighted by atomic mass is 10.5. The topological polar surface area (TPSA) is 0 Å². The van der Waals surface area contributed by atoms with Gasteiger partial charge in [0.15, 0.2) is 0 Å². The smallest absolute Gasteiger partial charge is 0.227 e. The fraction of sp³-hybridized carbons (Fsp3) is 1.00. The molecule has 12 heavy (non-hydrogen) atoms. The lowest BCUT2D eigenvalue weighted by Gasteiger charge is -2.25. The van der Waals surface area contributed by atoms with E-state index < -0.39 is 0 Å². The van der Waals surface area contributed by atoms with E-state index in [1.54, 1.807) is 0 Å². The van der Waals surface area contributed by atoms with E-state index in [4.69, 9.17) is 0 Å². The molecule has 3 heteroatoms. The highest BCUT2D eigenvalue weighted by atomic mass is 79.9. The molecule has 0 radical (unpaired) electrons. The molecule has 0 aromatic heterocycles. The van der Waals surface area contributed by atoms with Gasteiger partial charge in [0.2, 0.25) is 16.1 Å². The molecule has 0 heterocycles. The highest BCUT2D eigenvalue weighted by molar-refractivity contribution is 9.05.